The lowest BCUT2D eigenvalue weighted by atomic mass is 10.1. The number of rotatable bonds is 16. The molecule has 34 heteroatoms. The zero-order valence-electron chi connectivity index (χ0n) is 38.2. The Kier molecular flexibility index (Phi) is 14.8. The van der Waals surface area contributed by atoms with Crippen LogP contribution in [-0.2, 0) is 40.5 Å². The summed E-state index contributed by atoms with van der Waals surface area (Å²) in [7, 11) is -21.3. The number of phenolic OH excluding ortho intramolecular Hbond substituents is 1. The van der Waals surface area contributed by atoms with Gasteiger partial charge in [-0.3, -0.25) is 18.2 Å². The number of fused-ring (bicyclic) bond motifs is 1. The number of aromatic hydroxyl groups is 1. The first-order chi connectivity index (χ1) is 35.6. The van der Waals surface area contributed by atoms with Gasteiger partial charge in [-0.1, -0.05) is 36.4 Å². The summed E-state index contributed by atoms with van der Waals surface area (Å²) in [5.41, 5.74) is 4.67. The molecule has 0 fully saturated rings. The minimum absolute atomic E-state index is 0.00722. The van der Waals surface area contributed by atoms with Crippen LogP contribution in [0.5, 0.6) is 5.75 Å². The maximum atomic E-state index is 12.8. The van der Waals surface area contributed by atoms with Crippen molar-refractivity contribution in [3.63, 3.8) is 0 Å². The molecular formula is C42H33Cl2N15O13S4. The fourth-order valence-electron chi connectivity index (χ4n) is 6.92. The van der Waals surface area contributed by atoms with Crippen LogP contribution >= 0.6 is 23.2 Å². The summed E-state index contributed by atoms with van der Waals surface area (Å²) in [5, 5.41) is 36.0. The van der Waals surface area contributed by atoms with Crippen LogP contribution in [0.2, 0.25) is 10.6 Å². The molecule has 392 valence electrons. The highest BCUT2D eigenvalue weighted by molar-refractivity contribution is 7.86. The molecule has 8 rings (SSSR count). The second-order valence-corrected chi connectivity index (χ2v) is 21.8. The summed E-state index contributed by atoms with van der Waals surface area (Å²) in [6.07, 6.45) is 0. The number of azo groups is 2. The number of aromatic nitrogens is 6. The minimum atomic E-state index is -5.47. The van der Waals surface area contributed by atoms with E-state index in [2.05, 4.69) is 71.6 Å². The minimum Gasteiger partial charge on any atom is -0.505 e. The van der Waals surface area contributed by atoms with Crippen LogP contribution in [-0.4, -0.2) is 86.9 Å². The molecule has 0 aliphatic rings. The lowest BCUT2D eigenvalue weighted by molar-refractivity contribution is 0.472. The molecule has 0 aliphatic carbocycles. The van der Waals surface area contributed by atoms with Gasteiger partial charge in [-0.05, 0) is 114 Å². The summed E-state index contributed by atoms with van der Waals surface area (Å²) in [5.74, 6) is -1.69. The number of benzene rings is 6. The van der Waals surface area contributed by atoms with Crippen molar-refractivity contribution in [3.8, 4) is 5.75 Å². The summed E-state index contributed by atoms with van der Waals surface area (Å²) in [6.45, 7) is 3.65. The van der Waals surface area contributed by atoms with E-state index in [0.29, 0.717) is 23.5 Å². The van der Waals surface area contributed by atoms with Gasteiger partial charge in [0.15, 0.2) is 5.75 Å². The van der Waals surface area contributed by atoms with Crippen molar-refractivity contribution < 1.29 is 57.0 Å². The zero-order valence-corrected chi connectivity index (χ0v) is 43.0. The zero-order chi connectivity index (χ0) is 55.1. The molecule has 0 spiro atoms. The normalized spacial score (nSPS) is 12.4. The Bertz CT molecular complexity index is 3970. The van der Waals surface area contributed by atoms with Crippen LogP contribution in [0.3, 0.4) is 0 Å². The molecule has 0 radical (unpaired) electrons. The molecule has 28 nitrogen and oxygen atoms in total. The van der Waals surface area contributed by atoms with Crippen LogP contribution < -0.4 is 27.0 Å². The van der Waals surface area contributed by atoms with Crippen molar-refractivity contribution >= 4 is 149 Å². The highest BCUT2D eigenvalue weighted by Crippen LogP contribution is 2.49. The smallest absolute Gasteiger partial charge is 0.296 e. The fourth-order valence-corrected chi connectivity index (χ4v) is 9.87. The molecule has 0 unspecified atom stereocenters. The Morgan fingerprint density at radius 2 is 0.842 bits per heavy atom. The van der Waals surface area contributed by atoms with Crippen molar-refractivity contribution in [2.75, 3.05) is 27.0 Å². The highest BCUT2D eigenvalue weighted by Gasteiger charge is 2.29. The largest absolute Gasteiger partial charge is 0.505 e. The van der Waals surface area contributed by atoms with E-state index in [1.54, 1.807) is 24.3 Å². The first-order valence-electron chi connectivity index (χ1n) is 20.8. The number of nitrogens with two attached hydrogens (primary N) is 1. The van der Waals surface area contributed by atoms with Crippen LogP contribution in [0.1, 0.15) is 11.1 Å². The monoisotopic (exact) mass is 1150 g/mol. The number of nitrogens with zero attached hydrogens (tertiary/aromatic N) is 10. The average molecular weight is 1150 g/mol. The third-order valence-corrected chi connectivity index (χ3v) is 14.2. The summed E-state index contributed by atoms with van der Waals surface area (Å²) >= 11 is 12.2. The van der Waals surface area contributed by atoms with Crippen LogP contribution in [0.15, 0.2) is 137 Å². The lowest BCUT2D eigenvalue weighted by Gasteiger charge is -2.14. The molecule has 0 saturated heterocycles. The predicted molar refractivity (Wildman–Crippen MR) is 276 cm³/mol. The standard InChI is InChI=1S/C42H33Cl2N15O13S4/c1-19-7-3-5-9-24(19)48-41-52-37(43)50-39(54-41)46-22-11-13-26(28(17-22)73(61,62)63)56-58-34-30(75(67,68)69)15-21-16-31(76(70,71)72)35(36(60)32(21)33(34)45)59-57-27-14-12-23(18-29(27)74(64,65)66)47-40-51-38(44)53-42(55-40)49-25-10-6-4-8-20(25)2/h3-18,60H,45H2,1-2H3,(H,61,62,63)(H,64,65,66)(H,67,68,69)(H,70,71,72)(H2,46,48,50,52,54)(H2,47,49,51,53,55). The number of halogens is 2. The Morgan fingerprint density at radius 1 is 0.474 bits per heavy atom. The summed E-state index contributed by atoms with van der Waals surface area (Å²) in [4.78, 5) is 20.1. The fraction of sp³-hybridized carbons (Fsp3) is 0.0476. The molecule has 0 atom stereocenters. The number of phenols is 1. The van der Waals surface area contributed by atoms with Crippen molar-refractivity contribution in [2.24, 2.45) is 20.5 Å². The van der Waals surface area contributed by atoms with Gasteiger partial charge in [-0.15, -0.1) is 20.5 Å². The molecule has 2 aromatic heterocycles. The molecule has 0 amide bonds. The Labute approximate surface area is 439 Å². The second-order valence-electron chi connectivity index (χ2n) is 15.6. The van der Waals surface area contributed by atoms with E-state index in [1.807, 2.05) is 38.1 Å². The SMILES string of the molecule is Cc1ccccc1Nc1nc(Cl)nc(Nc2ccc(N=Nc3c(S(=O)(=O)O)cc4cc(S(=O)(=O)O)c(N=Nc5ccc(Nc6nc(Cl)nc(Nc7ccccc7C)n6)cc5S(=O)(=O)O)c(O)c4c3N)c(S(=O)(=O)O)c2)n1. The van der Waals surface area contributed by atoms with Crippen LogP contribution in [0.4, 0.5) is 75.0 Å². The van der Waals surface area contributed by atoms with Crippen LogP contribution in [0.25, 0.3) is 10.8 Å². The molecule has 11 N–H and O–H groups in total. The summed E-state index contributed by atoms with van der Waals surface area (Å²) in [6, 6.07) is 21.4. The van der Waals surface area contributed by atoms with E-state index in [9.17, 15) is 57.0 Å². The third kappa shape index (κ3) is 12.3. The maximum Gasteiger partial charge on any atom is 0.296 e. The van der Waals surface area contributed by atoms with Gasteiger partial charge in [0, 0.05) is 22.7 Å². The number of para-hydroxylation sites is 2. The van der Waals surface area contributed by atoms with Crippen LogP contribution in [0, 0.1) is 13.8 Å². The van der Waals surface area contributed by atoms with Crippen molar-refractivity contribution in [3.05, 3.63) is 119 Å². The van der Waals surface area contributed by atoms with E-state index in [0.717, 1.165) is 35.4 Å². The van der Waals surface area contributed by atoms with Gasteiger partial charge in [-0.25, -0.2) is 0 Å². The molecule has 8 aromatic rings. The second kappa shape index (κ2) is 20.9. The number of hydrogen-bond acceptors (Lipinski definition) is 24. The van der Waals surface area contributed by atoms with E-state index < -0.39 is 105 Å². The van der Waals surface area contributed by atoms with Gasteiger partial charge >= 0.3 is 0 Å². The quantitative estimate of drug-likeness (QED) is 0.0245. The predicted octanol–water partition coefficient (Wildman–Crippen LogP) is 9.21. The molecule has 6 aromatic carbocycles. The highest BCUT2D eigenvalue weighted by atomic mass is 35.5. The summed E-state index contributed by atoms with van der Waals surface area (Å²) < 4.78 is 143. The molecule has 0 bridgehead atoms. The molecule has 76 heavy (non-hydrogen) atoms. The number of nitrogens with one attached hydrogen (secondary N) is 4. The molecule has 2 heterocycles. The van der Waals surface area contributed by atoms with Crippen molar-refractivity contribution in [1.29, 1.82) is 0 Å². The molecular weight excluding hydrogens is 1120 g/mol. The van der Waals surface area contributed by atoms with Gasteiger partial charge in [0.05, 0.1) is 11.1 Å². The Hall–Kier alpha value is -8.18. The van der Waals surface area contributed by atoms with E-state index in [-0.39, 0.29) is 45.7 Å². The van der Waals surface area contributed by atoms with E-state index in [1.165, 1.54) is 12.1 Å². The Balaban J connectivity index is 1.16. The average Bonchev–Trinajstić information content (AvgIpc) is 3.35. The van der Waals surface area contributed by atoms with Gasteiger partial charge in [-0.2, -0.15) is 63.6 Å². The number of nitrogen functional groups attached to an aromatic ring is 1. The van der Waals surface area contributed by atoms with Crippen molar-refractivity contribution in [2.45, 2.75) is 33.4 Å². The maximum absolute atomic E-state index is 12.8. The Morgan fingerprint density at radius 3 is 1.24 bits per heavy atom. The van der Waals surface area contributed by atoms with Crippen molar-refractivity contribution in [1.82, 2.24) is 29.9 Å². The van der Waals surface area contributed by atoms with Gasteiger partial charge in [0.2, 0.25) is 34.4 Å². The molecule has 0 aliphatic heterocycles. The van der Waals surface area contributed by atoms with Gasteiger partial charge in [0.1, 0.15) is 42.3 Å². The van der Waals surface area contributed by atoms with E-state index in [4.69, 9.17) is 28.9 Å². The van der Waals surface area contributed by atoms with E-state index >= 15 is 0 Å². The lowest BCUT2D eigenvalue weighted by Crippen LogP contribution is -2.05. The van der Waals surface area contributed by atoms with Gasteiger partial charge in [0.25, 0.3) is 40.5 Å². The number of anilines is 9. The topological polar surface area (TPSA) is 439 Å². The third-order valence-electron chi connectivity index (χ3n) is 10.4. The first kappa shape index (κ1) is 54.1. The first-order valence-corrected chi connectivity index (χ1v) is 27.3. The van der Waals surface area contributed by atoms with Gasteiger partial charge < -0.3 is 32.1 Å². The molecule has 0 saturated carbocycles. The number of aryl methyl sites for hydroxylation is 2. The number of hydrogen-bond donors (Lipinski definition) is 10.